The molecule has 1 saturated carbocycles. The Morgan fingerprint density at radius 3 is 2.49 bits per heavy atom. The first-order chi connectivity index (χ1) is 25.0. The van der Waals surface area contributed by atoms with Crippen molar-refractivity contribution in [3.8, 4) is 28.6 Å². The number of carbonyl (C=O) groups excluding carboxylic acids is 2. The van der Waals surface area contributed by atoms with Gasteiger partial charge in [0, 0.05) is 49.6 Å². The second-order valence-electron chi connectivity index (χ2n) is 14.3. The quantitative estimate of drug-likeness (QED) is 0.227. The van der Waals surface area contributed by atoms with E-state index in [0.717, 1.165) is 79.9 Å². The maximum Gasteiger partial charge on any atom is 0.249 e. The zero-order chi connectivity index (χ0) is 34.5. The van der Waals surface area contributed by atoms with Crippen LogP contribution in [-0.2, 0) is 9.59 Å². The van der Waals surface area contributed by atoms with Crippen LogP contribution in [0.3, 0.4) is 0 Å². The number of aromatic hydroxyl groups is 1. The van der Waals surface area contributed by atoms with E-state index in [0.29, 0.717) is 55.3 Å². The number of hydrogen-bond donors (Lipinski definition) is 2. The zero-order valence-electron chi connectivity index (χ0n) is 28.5. The number of piperidine rings is 2. The number of fused-ring (bicyclic) bond motifs is 2. The average molecular weight is 687 g/mol. The van der Waals surface area contributed by atoms with Crippen LogP contribution in [0.5, 0.6) is 11.5 Å². The number of rotatable bonds is 6. The SMILES string of the molecule is O=C1CCC(N2CCOc3c(C4CCC(N5CCC(n6ccc(-n7ccc8nnc(-c9ccccc9O)cc87)n6)CC5)CC4)cccc32)C(=O)N1. The van der Waals surface area contributed by atoms with E-state index in [4.69, 9.17) is 9.84 Å². The summed E-state index contributed by atoms with van der Waals surface area (Å²) in [5, 5.41) is 26.7. The minimum atomic E-state index is -0.333. The Balaban J connectivity index is 0.827. The molecule has 1 atom stereocenters. The van der Waals surface area contributed by atoms with Crippen LogP contribution in [0, 0.1) is 0 Å². The molecule has 12 heteroatoms. The Labute approximate surface area is 296 Å². The Hall–Kier alpha value is -5.23. The van der Waals surface area contributed by atoms with Crippen LogP contribution < -0.4 is 15.0 Å². The molecule has 262 valence electrons. The van der Waals surface area contributed by atoms with Crippen molar-refractivity contribution in [2.24, 2.45) is 0 Å². The van der Waals surface area contributed by atoms with Gasteiger partial charge in [0.15, 0.2) is 5.82 Å². The molecule has 0 spiro atoms. The monoisotopic (exact) mass is 686 g/mol. The summed E-state index contributed by atoms with van der Waals surface area (Å²) in [7, 11) is 0. The first-order valence-corrected chi connectivity index (χ1v) is 18.3. The van der Waals surface area contributed by atoms with E-state index in [1.807, 2.05) is 35.0 Å². The van der Waals surface area contributed by atoms with E-state index in [1.165, 1.54) is 5.56 Å². The second-order valence-corrected chi connectivity index (χ2v) is 14.3. The number of benzene rings is 2. The summed E-state index contributed by atoms with van der Waals surface area (Å²) in [6.07, 6.45) is 11.7. The maximum atomic E-state index is 12.7. The molecule has 12 nitrogen and oxygen atoms in total. The van der Waals surface area contributed by atoms with E-state index in [-0.39, 0.29) is 23.6 Å². The molecular formula is C39H42N8O4. The average Bonchev–Trinajstić information content (AvgIpc) is 3.82. The molecule has 2 saturated heterocycles. The molecule has 3 aromatic heterocycles. The number of phenols is 1. The molecule has 2 N–H and O–H groups in total. The lowest BCUT2D eigenvalue weighted by atomic mass is 9.80. The van der Waals surface area contributed by atoms with Crippen LogP contribution in [0.2, 0.25) is 0 Å². The van der Waals surface area contributed by atoms with Gasteiger partial charge in [-0.05, 0) is 86.8 Å². The number of carbonyl (C=O) groups is 2. The van der Waals surface area contributed by atoms with Crippen molar-refractivity contribution in [1.29, 1.82) is 0 Å². The van der Waals surface area contributed by atoms with Gasteiger partial charge in [0.25, 0.3) is 0 Å². The third-order valence-corrected chi connectivity index (χ3v) is 11.5. The molecule has 2 aromatic carbocycles. The topological polar surface area (TPSA) is 131 Å². The number of nitrogens with one attached hydrogen (secondary N) is 1. The molecule has 4 aliphatic rings. The normalized spacial score (nSPS) is 23.2. The molecular weight excluding hydrogens is 644 g/mol. The highest BCUT2D eigenvalue weighted by atomic mass is 16.5. The van der Waals surface area contributed by atoms with Crippen LogP contribution in [0.25, 0.3) is 28.1 Å². The highest BCUT2D eigenvalue weighted by Crippen LogP contribution is 2.45. The number of aromatic nitrogens is 5. The molecule has 0 radical (unpaired) electrons. The molecule has 5 aromatic rings. The number of nitrogens with zero attached hydrogens (tertiary/aromatic N) is 7. The standard InChI is InChI=1S/C39H42N8O4/c48-35-7-2-1-4-29(35)31-24-34-30(41-42-31)16-20-46(34)36-17-21-47(43-36)27-14-18-44(19-15-27)26-10-8-25(9-11-26)28-5-3-6-32-38(28)51-23-22-45(32)33-12-13-37(49)40-39(33)50/h1-7,16-17,20-21,24-27,33,48H,8-15,18-19,22-23H2,(H,40,49,50). The lowest BCUT2D eigenvalue weighted by Crippen LogP contribution is -2.54. The molecule has 2 amide bonds. The molecule has 0 bridgehead atoms. The summed E-state index contributed by atoms with van der Waals surface area (Å²) in [5.41, 5.74) is 5.18. The predicted molar refractivity (Wildman–Crippen MR) is 192 cm³/mol. The lowest BCUT2D eigenvalue weighted by Gasteiger charge is -2.42. The Bertz CT molecular complexity index is 2090. The summed E-state index contributed by atoms with van der Waals surface area (Å²) < 4.78 is 10.5. The van der Waals surface area contributed by atoms with E-state index < -0.39 is 0 Å². The summed E-state index contributed by atoms with van der Waals surface area (Å²) in [6, 6.07) is 20.1. The van der Waals surface area contributed by atoms with E-state index in [9.17, 15) is 14.7 Å². The Morgan fingerprint density at radius 1 is 0.824 bits per heavy atom. The summed E-state index contributed by atoms with van der Waals surface area (Å²) in [6.45, 7) is 3.31. The van der Waals surface area contributed by atoms with Crippen molar-refractivity contribution in [3.63, 3.8) is 0 Å². The second kappa shape index (κ2) is 13.1. The van der Waals surface area contributed by atoms with Crippen molar-refractivity contribution >= 4 is 28.5 Å². The number of anilines is 1. The minimum absolute atomic E-state index is 0.178. The van der Waals surface area contributed by atoms with E-state index in [1.54, 1.807) is 12.1 Å². The number of imide groups is 1. The molecule has 3 fully saturated rings. The number of likely N-dealkylation sites (tertiary alicyclic amines) is 1. The molecule has 51 heavy (non-hydrogen) atoms. The number of amides is 2. The van der Waals surface area contributed by atoms with E-state index >= 15 is 0 Å². The van der Waals surface area contributed by atoms with Gasteiger partial charge in [0.2, 0.25) is 11.8 Å². The summed E-state index contributed by atoms with van der Waals surface area (Å²) >= 11 is 0. The third-order valence-electron chi connectivity index (χ3n) is 11.5. The van der Waals surface area contributed by atoms with Gasteiger partial charge in [-0.1, -0.05) is 24.3 Å². The van der Waals surface area contributed by atoms with Crippen molar-refractivity contribution < 1.29 is 19.4 Å². The van der Waals surface area contributed by atoms with Gasteiger partial charge in [0.05, 0.1) is 29.5 Å². The lowest BCUT2D eigenvalue weighted by molar-refractivity contribution is -0.134. The van der Waals surface area contributed by atoms with Crippen molar-refractivity contribution in [3.05, 3.63) is 78.6 Å². The highest BCUT2D eigenvalue weighted by Gasteiger charge is 2.37. The van der Waals surface area contributed by atoms with E-state index in [2.05, 4.69) is 60.5 Å². The number of para-hydroxylation sites is 2. The van der Waals surface area contributed by atoms with Crippen LogP contribution in [0.1, 0.15) is 68.9 Å². The van der Waals surface area contributed by atoms with Gasteiger partial charge in [0.1, 0.15) is 29.7 Å². The largest absolute Gasteiger partial charge is 0.507 e. The van der Waals surface area contributed by atoms with Gasteiger partial charge in [-0.25, -0.2) is 0 Å². The predicted octanol–water partition coefficient (Wildman–Crippen LogP) is 5.36. The number of phenolic OH excluding ortho intramolecular Hbond substituents is 1. The van der Waals surface area contributed by atoms with Gasteiger partial charge in [-0.3, -0.25) is 24.2 Å². The summed E-state index contributed by atoms with van der Waals surface area (Å²) in [5.74, 6) is 1.99. The Kier molecular flexibility index (Phi) is 8.18. The number of ether oxygens (including phenoxy) is 1. The molecule has 1 aliphatic carbocycles. The first kappa shape index (κ1) is 31.7. The first-order valence-electron chi connectivity index (χ1n) is 18.3. The maximum absolute atomic E-state index is 12.7. The third kappa shape index (κ3) is 5.90. The van der Waals surface area contributed by atoms with Gasteiger partial charge < -0.3 is 19.6 Å². The van der Waals surface area contributed by atoms with Crippen molar-refractivity contribution in [2.45, 2.75) is 75.4 Å². The smallest absolute Gasteiger partial charge is 0.249 e. The van der Waals surface area contributed by atoms with Gasteiger partial charge in [-0.15, -0.1) is 10.2 Å². The highest BCUT2D eigenvalue weighted by molar-refractivity contribution is 6.02. The molecule has 1 unspecified atom stereocenters. The fraction of sp³-hybridized carbons (Fsp3) is 0.410. The van der Waals surface area contributed by atoms with Crippen molar-refractivity contribution in [1.82, 2.24) is 34.8 Å². The van der Waals surface area contributed by atoms with Crippen LogP contribution in [-0.4, -0.2) is 84.7 Å². The van der Waals surface area contributed by atoms with Gasteiger partial charge >= 0.3 is 0 Å². The zero-order valence-corrected chi connectivity index (χ0v) is 28.5. The van der Waals surface area contributed by atoms with Crippen LogP contribution >= 0.6 is 0 Å². The van der Waals surface area contributed by atoms with Crippen LogP contribution in [0.15, 0.2) is 73.1 Å². The minimum Gasteiger partial charge on any atom is -0.507 e. The van der Waals surface area contributed by atoms with Gasteiger partial charge in [-0.2, -0.15) is 5.10 Å². The number of hydrogen-bond acceptors (Lipinski definition) is 9. The van der Waals surface area contributed by atoms with Crippen LogP contribution in [0.4, 0.5) is 5.69 Å². The Morgan fingerprint density at radius 2 is 1.67 bits per heavy atom. The fourth-order valence-corrected chi connectivity index (χ4v) is 8.79. The van der Waals surface area contributed by atoms with Crippen molar-refractivity contribution in [2.75, 3.05) is 31.1 Å². The molecule has 6 heterocycles. The summed E-state index contributed by atoms with van der Waals surface area (Å²) in [4.78, 5) is 29.3. The molecule has 3 aliphatic heterocycles. The fourth-order valence-electron chi connectivity index (χ4n) is 8.79. The molecule has 9 rings (SSSR count).